The predicted molar refractivity (Wildman–Crippen MR) is 88.2 cm³/mol. The minimum atomic E-state index is -0.114. The number of halogens is 1. The second-order valence-electron chi connectivity index (χ2n) is 6.21. The van der Waals surface area contributed by atoms with Crippen LogP contribution >= 0.6 is 0 Å². The van der Waals surface area contributed by atoms with Crippen LogP contribution in [0.1, 0.15) is 51.5 Å². The van der Waals surface area contributed by atoms with Gasteiger partial charge in [0.15, 0.2) is 0 Å². The fraction of sp³-hybridized carbons (Fsp3) is 0.667. The molecule has 1 saturated heterocycles. The van der Waals surface area contributed by atoms with E-state index in [0.717, 1.165) is 49.8 Å². The zero-order chi connectivity index (χ0) is 15.1. The first-order chi connectivity index (χ1) is 10.2. The Labute approximate surface area is 128 Å². The molecule has 0 unspecified atom stereocenters. The van der Waals surface area contributed by atoms with Crippen molar-refractivity contribution in [3.05, 3.63) is 29.6 Å². The highest BCUT2D eigenvalue weighted by molar-refractivity contribution is 5.49. The van der Waals surface area contributed by atoms with Crippen LogP contribution in [0.5, 0.6) is 0 Å². The second-order valence-corrected chi connectivity index (χ2v) is 6.21. The first-order valence-electron chi connectivity index (χ1n) is 8.48. The van der Waals surface area contributed by atoms with Crippen molar-refractivity contribution in [3.8, 4) is 0 Å². The van der Waals surface area contributed by atoms with Gasteiger partial charge in [0.1, 0.15) is 5.82 Å². The van der Waals surface area contributed by atoms with Crippen LogP contribution < -0.4 is 10.2 Å². The first-order valence-corrected chi connectivity index (χ1v) is 8.48. The molecule has 3 heteroatoms. The second kappa shape index (κ2) is 8.38. The van der Waals surface area contributed by atoms with Gasteiger partial charge in [-0.1, -0.05) is 26.7 Å². The highest BCUT2D eigenvalue weighted by atomic mass is 19.1. The Morgan fingerprint density at radius 1 is 1.14 bits per heavy atom. The molecule has 0 aromatic heterocycles. The number of nitrogens with one attached hydrogen (secondary N) is 1. The van der Waals surface area contributed by atoms with Crippen molar-refractivity contribution in [3.63, 3.8) is 0 Å². The summed E-state index contributed by atoms with van der Waals surface area (Å²) in [6.07, 6.45) is 6.20. The van der Waals surface area contributed by atoms with Crippen LogP contribution in [0.15, 0.2) is 18.2 Å². The molecule has 0 atom stereocenters. The lowest BCUT2D eigenvalue weighted by atomic mass is 9.92. The van der Waals surface area contributed by atoms with Gasteiger partial charge >= 0.3 is 0 Å². The zero-order valence-corrected chi connectivity index (χ0v) is 13.5. The summed E-state index contributed by atoms with van der Waals surface area (Å²) in [7, 11) is 0. The van der Waals surface area contributed by atoms with Gasteiger partial charge in [-0.2, -0.15) is 0 Å². The smallest absolute Gasteiger partial charge is 0.125 e. The quantitative estimate of drug-likeness (QED) is 0.752. The highest BCUT2D eigenvalue weighted by Crippen LogP contribution is 2.27. The topological polar surface area (TPSA) is 15.3 Å². The molecule has 118 valence electrons. The molecule has 0 amide bonds. The third kappa shape index (κ3) is 4.99. The van der Waals surface area contributed by atoms with E-state index in [-0.39, 0.29) is 5.82 Å². The standard InChI is InChI=1S/C18H29FN2/c1-3-5-15-6-9-21(10-7-15)18-12-16(11-17(19)13-18)14-20-8-4-2/h11-13,15,20H,3-10,14H2,1-2H3. The van der Waals surface area contributed by atoms with E-state index in [2.05, 4.69) is 30.1 Å². The van der Waals surface area contributed by atoms with Crippen molar-refractivity contribution in [1.82, 2.24) is 5.32 Å². The van der Waals surface area contributed by atoms with Crippen molar-refractivity contribution in [2.75, 3.05) is 24.5 Å². The molecule has 1 aliphatic heterocycles. The molecule has 1 aromatic carbocycles. The molecular formula is C18H29FN2. The lowest BCUT2D eigenvalue weighted by molar-refractivity contribution is 0.378. The average Bonchev–Trinajstić information content (AvgIpc) is 2.48. The van der Waals surface area contributed by atoms with Gasteiger partial charge in [0.05, 0.1) is 0 Å². The molecular weight excluding hydrogens is 263 g/mol. The van der Waals surface area contributed by atoms with E-state index in [9.17, 15) is 4.39 Å². The van der Waals surface area contributed by atoms with E-state index >= 15 is 0 Å². The fourth-order valence-corrected chi connectivity index (χ4v) is 3.22. The Morgan fingerprint density at radius 3 is 2.57 bits per heavy atom. The van der Waals surface area contributed by atoms with E-state index in [4.69, 9.17) is 0 Å². The van der Waals surface area contributed by atoms with Gasteiger partial charge in [0, 0.05) is 25.3 Å². The molecule has 0 spiro atoms. The monoisotopic (exact) mass is 292 g/mol. The van der Waals surface area contributed by atoms with Crippen LogP contribution in [0, 0.1) is 11.7 Å². The lowest BCUT2D eigenvalue weighted by Crippen LogP contribution is -2.33. The molecule has 0 saturated carbocycles. The van der Waals surface area contributed by atoms with Gasteiger partial charge in [-0.05, 0) is 55.5 Å². The predicted octanol–water partition coefficient (Wildman–Crippen LogP) is 4.34. The third-order valence-electron chi connectivity index (χ3n) is 4.37. The minimum absolute atomic E-state index is 0.114. The number of anilines is 1. The summed E-state index contributed by atoms with van der Waals surface area (Å²) in [5.74, 6) is 0.752. The van der Waals surface area contributed by atoms with Crippen molar-refractivity contribution in [2.45, 2.75) is 52.5 Å². The highest BCUT2D eigenvalue weighted by Gasteiger charge is 2.19. The van der Waals surface area contributed by atoms with Gasteiger partial charge in [-0.25, -0.2) is 4.39 Å². The van der Waals surface area contributed by atoms with Crippen molar-refractivity contribution >= 4 is 5.69 Å². The number of nitrogens with zero attached hydrogens (tertiary/aromatic N) is 1. The fourth-order valence-electron chi connectivity index (χ4n) is 3.22. The van der Waals surface area contributed by atoms with Crippen LogP contribution in [0.4, 0.5) is 10.1 Å². The maximum absolute atomic E-state index is 13.8. The number of rotatable bonds is 7. The summed E-state index contributed by atoms with van der Waals surface area (Å²) >= 11 is 0. The molecule has 1 heterocycles. The number of hydrogen-bond donors (Lipinski definition) is 1. The molecule has 1 N–H and O–H groups in total. The van der Waals surface area contributed by atoms with Crippen LogP contribution in [0.2, 0.25) is 0 Å². The van der Waals surface area contributed by atoms with Crippen LogP contribution in [0.3, 0.4) is 0 Å². The van der Waals surface area contributed by atoms with Crippen molar-refractivity contribution in [2.24, 2.45) is 5.92 Å². The van der Waals surface area contributed by atoms with Gasteiger partial charge in [-0.3, -0.25) is 0 Å². The minimum Gasteiger partial charge on any atom is -0.371 e. The van der Waals surface area contributed by atoms with Crippen molar-refractivity contribution < 1.29 is 4.39 Å². The molecule has 21 heavy (non-hydrogen) atoms. The maximum atomic E-state index is 13.8. The first kappa shape index (κ1) is 16.3. The maximum Gasteiger partial charge on any atom is 0.125 e. The summed E-state index contributed by atoms with van der Waals surface area (Å²) < 4.78 is 13.8. The van der Waals surface area contributed by atoms with E-state index in [1.54, 1.807) is 12.1 Å². The van der Waals surface area contributed by atoms with Gasteiger partial charge in [-0.15, -0.1) is 0 Å². The van der Waals surface area contributed by atoms with E-state index in [0.29, 0.717) is 0 Å². The lowest BCUT2D eigenvalue weighted by Gasteiger charge is -2.33. The zero-order valence-electron chi connectivity index (χ0n) is 13.5. The largest absolute Gasteiger partial charge is 0.371 e. The van der Waals surface area contributed by atoms with E-state index < -0.39 is 0 Å². The molecule has 1 fully saturated rings. The summed E-state index contributed by atoms with van der Waals surface area (Å²) in [6.45, 7) is 8.27. The summed E-state index contributed by atoms with van der Waals surface area (Å²) in [5.41, 5.74) is 2.10. The summed E-state index contributed by atoms with van der Waals surface area (Å²) in [5, 5.41) is 3.35. The Morgan fingerprint density at radius 2 is 1.90 bits per heavy atom. The van der Waals surface area contributed by atoms with Crippen LogP contribution in [-0.4, -0.2) is 19.6 Å². The molecule has 2 nitrogen and oxygen atoms in total. The van der Waals surface area contributed by atoms with Crippen molar-refractivity contribution in [1.29, 1.82) is 0 Å². The van der Waals surface area contributed by atoms with Gasteiger partial charge in [0.2, 0.25) is 0 Å². The van der Waals surface area contributed by atoms with Gasteiger partial charge < -0.3 is 10.2 Å². The third-order valence-corrected chi connectivity index (χ3v) is 4.37. The molecule has 0 aliphatic carbocycles. The normalized spacial score (nSPS) is 16.4. The number of hydrogen-bond acceptors (Lipinski definition) is 2. The Bertz CT molecular complexity index is 425. The van der Waals surface area contributed by atoms with E-state index in [1.165, 1.54) is 25.7 Å². The van der Waals surface area contributed by atoms with Crippen LogP contribution in [-0.2, 0) is 6.54 Å². The molecule has 0 radical (unpaired) electrons. The Kier molecular flexibility index (Phi) is 6.50. The average molecular weight is 292 g/mol. The SMILES string of the molecule is CCCNCc1cc(F)cc(N2CCC(CCC)CC2)c1. The Hall–Kier alpha value is -1.09. The summed E-state index contributed by atoms with van der Waals surface area (Å²) in [4.78, 5) is 2.35. The molecule has 1 aromatic rings. The number of benzene rings is 1. The van der Waals surface area contributed by atoms with E-state index in [1.807, 2.05) is 0 Å². The molecule has 2 rings (SSSR count). The van der Waals surface area contributed by atoms with Crippen LogP contribution in [0.25, 0.3) is 0 Å². The Balaban J connectivity index is 1.96. The molecule has 0 bridgehead atoms. The number of piperidine rings is 1. The van der Waals surface area contributed by atoms with Gasteiger partial charge in [0.25, 0.3) is 0 Å². The summed E-state index contributed by atoms with van der Waals surface area (Å²) in [6, 6.07) is 5.48. The molecule has 1 aliphatic rings.